The van der Waals surface area contributed by atoms with Crippen LogP contribution in [0, 0.1) is 0 Å². The molecule has 0 saturated heterocycles. The highest BCUT2D eigenvalue weighted by Crippen LogP contribution is 2.60. The van der Waals surface area contributed by atoms with Gasteiger partial charge >= 0.3 is 0 Å². The first-order chi connectivity index (χ1) is 72.9. The van der Waals surface area contributed by atoms with Crippen LogP contribution in [0.2, 0.25) is 0 Å². The van der Waals surface area contributed by atoms with E-state index in [0.29, 0.717) is 52.4 Å². The van der Waals surface area contributed by atoms with Crippen molar-refractivity contribution in [1.29, 1.82) is 0 Å². The monoisotopic (exact) mass is 1880 g/mol. The lowest BCUT2D eigenvalue weighted by atomic mass is 9.71. The Kier molecular flexibility index (Phi) is 21.3. The van der Waals surface area contributed by atoms with Crippen LogP contribution in [0.25, 0.3) is 190 Å². The van der Waals surface area contributed by atoms with E-state index in [1.807, 2.05) is 140 Å². The summed E-state index contributed by atoms with van der Waals surface area (Å²) in [4.78, 5) is 52.1. The van der Waals surface area contributed by atoms with Crippen molar-refractivity contribution in [2.24, 2.45) is 0 Å². The van der Waals surface area contributed by atoms with Crippen molar-refractivity contribution in [3.05, 3.63) is 590 Å². The molecule has 3 aliphatic rings. The quantitative estimate of drug-likeness (QED) is 0.0959. The van der Waals surface area contributed by atoms with Gasteiger partial charge in [-0.1, -0.05) is 485 Å². The lowest BCUT2D eigenvalue weighted by Crippen LogP contribution is -2.32. The van der Waals surface area contributed by atoms with E-state index in [-0.39, 0.29) is 0 Å². The van der Waals surface area contributed by atoms with Gasteiger partial charge in [0.25, 0.3) is 0 Å². The molecule has 0 N–H and O–H groups in total. The van der Waals surface area contributed by atoms with Gasteiger partial charge in [-0.15, -0.1) is 0 Å². The fourth-order valence-corrected chi connectivity index (χ4v) is 22.8. The minimum Gasteiger partial charge on any atom is -0.456 e. The van der Waals surface area contributed by atoms with Crippen LogP contribution in [0.15, 0.2) is 531 Å². The Morgan fingerprint density at radius 3 is 0.871 bits per heavy atom. The first-order valence-corrected chi connectivity index (χ1v) is 49.6. The molecule has 0 spiro atoms. The van der Waals surface area contributed by atoms with Gasteiger partial charge < -0.3 is 8.83 Å². The summed E-state index contributed by atoms with van der Waals surface area (Å²) in [6, 6.07) is 177. The third kappa shape index (κ3) is 14.4. The Labute approximate surface area is 848 Å². The van der Waals surface area contributed by atoms with E-state index in [2.05, 4.69) is 387 Å². The summed E-state index contributed by atoms with van der Waals surface area (Å²) in [5, 5.41) is 6.67. The largest absolute Gasteiger partial charge is 0.456 e. The van der Waals surface area contributed by atoms with Crippen LogP contribution in [0.5, 0.6) is 0 Å². The van der Waals surface area contributed by atoms with Gasteiger partial charge in [0.2, 0.25) is 0 Å². The van der Waals surface area contributed by atoms with Gasteiger partial charge in [0.1, 0.15) is 38.6 Å². The maximum atomic E-state index is 6.34. The zero-order valence-electron chi connectivity index (χ0n) is 79.4. The molecule has 0 fully saturated rings. The third-order valence-electron chi connectivity index (χ3n) is 29.3. The molecule has 1 unspecified atom stereocenters. The van der Waals surface area contributed by atoms with E-state index in [1.165, 1.54) is 38.9 Å². The number of pyridine rings is 1. The van der Waals surface area contributed by atoms with Crippen LogP contribution in [0.3, 0.4) is 0 Å². The highest BCUT2D eigenvalue weighted by molar-refractivity contribution is 6.16. The number of benzene rings is 20. The molecule has 0 bridgehead atoms. The molecule has 0 radical (unpaired) electrons. The van der Waals surface area contributed by atoms with Crippen LogP contribution in [-0.4, -0.2) is 49.8 Å². The molecular formula is C135H86N10O2. The van der Waals surface area contributed by atoms with E-state index in [1.54, 1.807) is 0 Å². The first kappa shape index (κ1) is 86.5. The van der Waals surface area contributed by atoms with Crippen molar-refractivity contribution in [3.8, 4) is 135 Å². The van der Waals surface area contributed by atoms with Crippen LogP contribution < -0.4 is 0 Å². The molecule has 688 valence electrons. The standard InChI is InChI=1S/C52H33N3O.C50H31N3O.C33H22N4/c1-3-14-37(15-4-1)49-53-50(55-51(54-49)52(39-16-5-2-6-17-39)45-23-10-7-18-41(45)42-19-8-11-24-46(42)52)38-32-28-35(29-33-38)34-26-30-36(31-27-34)40-21-13-22-44-43-20-9-12-25-47(43)56-48(40)44;1-3-16-32(17-4-1)47-51-48(53-49(52-47)50(33-18-5-2-6-19-33)42-28-10-7-20-37(42)38-21-8-11-29-43(38)50)40-27-14-23-34-35(24-13-25-36(34)40)39-26-15-31-45-46(39)41-22-9-12-30-44(41)54-45;1-4-12-23(13-5-1)30-35-31(24-14-6-2-7-15-24)37-32(36-30)33(25-16-8-3-9-17-25)28-19-11-10-18-26(28)27-20-21-34-22-29(27)33/h1-33H;1-31H;1-22H. The minimum atomic E-state index is -0.774. The number of furan rings is 2. The normalized spacial score (nSPS) is 13.6. The van der Waals surface area contributed by atoms with Crippen molar-refractivity contribution in [1.82, 2.24) is 49.8 Å². The predicted octanol–water partition coefficient (Wildman–Crippen LogP) is 32.1. The molecule has 12 heteroatoms. The van der Waals surface area contributed by atoms with Gasteiger partial charge in [0, 0.05) is 78.4 Å². The van der Waals surface area contributed by atoms with Crippen molar-refractivity contribution in [3.63, 3.8) is 0 Å². The number of rotatable bonds is 15. The molecule has 6 heterocycles. The summed E-state index contributed by atoms with van der Waals surface area (Å²) in [6.07, 6.45) is 3.82. The summed E-state index contributed by atoms with van der Waals surface area (Å²) in [7, 11) is 0. The van der Waals surface area contributed by atoms with E-state index < -0.39 is 16.2 Å². The predicted molar refractivity (Wildman–Crippen MR) is 590 cm³/mol. The summed E-state index contributed by atoms with van der Waals surface area (Å²) in [6.45, 7) is 0. The molecule has 12 nitrogen and oxygen atoms in total. The van der Waals surface area contributed by atoms with Crippen molar-refractivity contribution < 1.29 is 8.83 Å². The van der Waals surface area contributed by atoms with Crippen LogP contribution in [0.1, 0.15) is 67.5 Å². The van der Waals surface area contributed by atoms with Gasteiger partial charge in [-0.05, 0) is 141 Å². The van der Waals surface area contributed by atoms with Gasteiger partial charge in [-0.3, -0.25) is 4.98 Å². The maximum Gasteiger partial charge on any atom is 0.164 e. The van der Waals surface area contributed by atoms with E-state index in [4.69, 9.17) is 53.7 Å². The van der Waals surface area contributed by atoms with Crippen molar-refractivity contribution in [2.75, 3.05) is 0 Å². The van der Waals surface area contributed by atoms with E-state index >= 15 is 0 Å². The molecule has 147 heavy (non-hydrogen) atoms. The number of hydrogen-bond acceptors (Lipinski definition) is 12. The Morgan fingerprint density at radius 2 is 0.435 bits per heavy atom. The summed E-state index contributed by atoms with van der Waals surface area (Å²) in [5.41, 5.74) is 30.9. The lowest BCUT2D eigenvalue weighted by molar-refractivity contribution is 0.669. The van der Waals surface area contributed by atoms with Gasteiger partial charge in [-0.2, -0.15) is 0 Å². The molecule has 0 amide bonds. The van der Waals surface area contributed by atoms with Crippen molar-refractivity contribution >= 4 is 54.6 Å². The molecule has 1 atom stereocenters. The topological polar surface area (TPSA) is 155 Å². The van der Waals surface area contributed by atoms with Crippen LogP contribution in [0.4, 0.5) is 0 Å². The molecule has 0 aliphatic heterocycles. The average molecular weight is 1880 g/mol. The lowest BCUT2D eigenvalue weighted by Gasteiger charge is -2.32. The van der Waals surface area contributed by atoms with Crippen LogP contribution >= 0.6 is 0 Å². The Bertz CT molecular complexity index is 9350. The van der Waals surface area contributed by atoms with Gasteiger partial charge in [-0.25, -0.2) is 44.9 Å². The third-order valence-corrected chi connectivity index (χ3v) is 29.3. The molecule has 0 saturated carbocycles. The number of hydrogen-bond donors (Lipinski definition) is 0. The fourth-order valence-electron chi connectivity index (χ4n) is 22.8. The van der Waals surface area contributed by atoms with E-state index in [9.17, 15) is 0 Å². The highest BCUT2D eigenvalue weighted by Gasteiger charge is 2.53. The second kappa shape index (κ2) is 36.2. The summed E-state index contributed by atoms with van der Waals surface area (Å²) >= 11 is 0. The Balaban J connectivity index is 0.000000111. The molecule has 6 aromatic heterocycles. The maximum absolute atomic E-state index is 6.34. The fraction of sp³-hybridized carbons (Fsp3) is 0.0222. The molecule has 3 aliphatic carbocycles. The second-order valence-electron chi connectivity index (χ2n) is 37.3. The Hall–Kier alpha value is -19.6. The number of aromatic nitrogens is 10. The van der Waals surface area contributed by atoms with E-state index in [0.717, 1.165) is 166 Å². The highest BCUT2D eigenvalue weighted by atomic mass is 16.3. The van der Waals surface area contributed by atoms with Crippen LogP contribution in [-0.2, 0) is 16.2 Å². The van der Waals surface area contributed by atoms with Gasteiger partial charge in [0.15, 0.2) is 52.4 Å². The minimum absolute atomic E-state index is 0.630. The summed E-state index contributed by atoms with van der Waals surface area (Å²) < 4.78 is 12.6. The molecule has 26 aromatic rings. The van der Waals surface area contributed by atoms with Crippen molar-refractivity contribution in [2.45, 2.75) is 16.2 Å². The van der Waals surface area contributed by atoms with Gasteiger partial charge in [0.05, 0.1) is 0 Å². The number of para-hydroxylation sites is 3. The second-order valence-corrected chi connectivity index (χ2v) is 37.3. The smallest absolute Gasteiger partial charge is 0.164 e. The molecule has 29 rings (SSSR count). The average Bonchev–Trinajstić information content (AvgIpc) is 1.54. The zero-order chi connectivity index (χ0) is 97.4. The Morgan fingerprint density at radius 1 is 0.156 bits per heavy atom. The zero-order valence-corrected chi connectivity index (χ0v) is 79.4. The SMILES string of the molecule is c1ccc(-c2nc(-c3ccc(-c4ccc(-c5cccc6c5oc5ccccc56)cc4)cc3)nc(C3(c4ccccc4)c4ccccc4-c4ccccc43)n2)cc1.c1ccc(-c2nc(-c3cccc4c(-c5cccc6oc7ccccc7c56)cccc34)nc(C3(c4ccccc4)c4ccccc4-c4ccccc43)n2)cc1.c1ccc(-c2nc(-c3ccccc3)nc(C3(c4ccccc4)c4ccccc4-c4ccncc43)n2)cc1. The molecule has 20 aromatic carbocycles. The molecular weight excluding hydrogens is 1790 g/mol. The summed E-state index contributed by atoms with van der Waals surface area (Å²) in [5.74, 6) is 5.91. The number of nitrogens with zero attached hydrogens (tertiary/aromatic N) is 10. The first-order valence-electron chi connectivity index (χ1n) is 49.6. The number of fused-ring (bicyclic) bond motifs is 16.